The van der Waals surface area contributed by atoms with E-state index in [0.717, 1.165) is 15.8 Å². The molecule has 106 valence electrons. The smallest absolute Gasteiger partial charge is 0.260 e. The Labute approximate surface area is 124 Å². The van der Waals surface area contributed by atoms with Crippen molar-refractivity contribution in [3.63, 3.8) is 0 Å². The number of aromatic nitrogens is 1. The van der Waals surface area contributed by atoms with Crippen molar-refractivity contribution in [2.45, 2.75) is 13.5 Å². The number of carbonyl (C=O) groups is 1. The van der Waals surface area contributed by atoms with Crippen LogP contribution in [0.15, 0.2) is 40.6 Å². The lowest BCUT2D eigenvalue weighted by Gasteiger charge is -2.04. The standard InChI is InChI=1S/C16H12FNO2S/c1-10-8-11(2-3-13(10)17)12-9-21-14-4-5-18(6-7-19)16(20)15(12)14/h2-5,7-9H,6H2,1H3. The molecule has 3 nitrogen and oxygen atoms in total. The highest BCUT2D eigenvalue weighted by atomic mass is 32.1. The average Bonchev–Trinajstić information content (AvgIpc) is 2.90. The Morgan fingerprint density at radius 3 is 2.86 bits per heavy atom. The maximum Gasteiger partial charge on any atom is 0.260 e. The summed E-state index contributed by atoms with van der Waals surface area (Å²) in [6.45, 7) is 1.73. The SMILES string of the molecule is Cc1cc(-c2csc3ccn(CC=O)c(=O)c23)ccc1F. The molecule has 0 aliphatic carbocycles. The Hall–Kier alpha value is -2.27. The Morgan fingerprint density at radius 1 is 1.33 bits per heavy atom. The highest BCUT2D eigenvalue weighted by Gasteiger charge is 2.12. The summed E-state index contributed by atoms with van der Waals surface area (Å²) in [7, 11) is 0. The van der Waals surface area contributed by atoms with Gasteiger partial charge in [-0.1, -0.05) is 6.07 Å². The zero-order chi connectivity index (χ0) is 15.0. The van der Waals surface area contributed by atoms with E-state index < -0.39 is 0 Å². The van der Waals surface area contributed by atoms with Gasteiger partial charge in [0.2, 0.25) is 0 Å². The van der Waals surface area contributed by atoms with Crippen molar-refractivity contribution in [3.8, 4) is 11.1 Å². The van der Waals surface area contributed by atoms with Crippen LogP contribution in [-0.2, 0) is 11.3 Å². The van der Waals surface area contributed by atoms with Crippen LogP contribution in [0.2, 0.25) is 0 Å². The predicted octanol–water partition coefficient (Wildman–Crippen LogP) is 3.38. The topological polar surface area (TPSA) is 39.1 Å². The van der Waals surface area contributed by atoms with E-state index in [4.69, 9.17) is 0 Å². The number of pyridine rings is 1. The number of carbonyl (C=O) groups excluding carboxylic acids is 1. The summed E-state index contributed by atoms with van der Waals surface area (Å²) in [4.78, 5) is 23.1. The summed E-state index contributed by atoms with van der Waals surface area (Å²) in [5, 5.41) is 2.47. The molecule has 3 rings (SSSR count). The van der Waals surface area contributed by atoms with Crippen LogP contribution in [0.4, 0.5) is 4.39 Å². The Balaban J connectivity index is 2.27. The number of rotatable bonds is 3. The highest BCUT2D eigenvalue weighted by molar-refractivity contribution is 7.17. The van der Waals surface area contributed by atoms with E-state index in [1.807, 2.05) is 11.4 Å². The van der Waals surface area contributed by atoms with E-state index in [-0.39, 0.29) is 17.9 Å². The van der Waals surface area contributed by atoms with E-state index in [9.17, 15) is 14.0 Å². The van der Waals surface area contributed by atoms with Gasteiger partial charge < -0.3 is 9.36 Å². The van der Waals surface area contributed by atoms with Crippen molar-refractivity contribution < 1.29 is 9.18 Å². The second-order valence-electron chi connectivity index (χ2n) is 4.79. The number of aldehydes is 1. The molecular formula is C16H12FNO2S. The molecule has 0 amide bonds. The quantitative estimate of drug-likeness (QED) is 0.696. The van der Waals surface area contributed by atoms with Crippen LogP contribution < -0.4 is 5.56 Å². The summed E-state index contributed by atoms with van der Waals surface area (Å²) in [5.41, 5.74) is 1.93. The van der Waals surface area contributed by atoms with Gasteiger partial charge in [0.25, 0.3) is 5.56 Å². The first-order valence-electron chi connectivity index (χ1n) is 6.42. The number of benzene rings is 1. The third-order valence-corrected chi connectivity index (χ3v) is 4.39. The Morgan fingerprint density at radius 2 is 2.14 bits per heavy atom. The first-order valence-corrected chi connectivity index (χ1v) is 7.30. The van der Waals surface area contributed by atoms with Gasteiger partial charge in [0.05, 0.1) is 11.9 Å². The fourth-order valence-corrected chi connectivity index (χ4v) is 3.29. The van der Waals surface area contributed by atoms with Crippen LogP contribution >= 0.6 is 11.3 Å². The van der Waals surface area contributed by atoms with Crippen molar-refractivity contribution in [2.24, 2.45) is 0 Å². The molecule has 0 saturated heterocycles. The first-order chi connectivity index (χ1) is 10.1. The molecule has 21 heavy (non-hydrogen) atoms. The number of hydrogen-bond donors (Lipinski definition) is 0. The third-order valence-electron chi connectivity index (χ3n) is 3.44. The minimum absolute atomic E-state index is 0.0342. The van der Waals surface area contributed by atoms with E-state index in [1.54, 1.807) is 25.3 Å². The number of hydrogen-bond acceptors (Lipinski definition) is 3. The van der Waals surface area contributed by atoms with E-state index in [1.165, 1.54) is 22.0 Å². The van der Waals surface area contributed by atoms with Gasteiger partial charge in [0, 0.05) is 21.8 Å². The average molecular weight is 301 g/mol. The molecule has 0 radical (unpaired) electrons. The van der Waals surface area contributed by atoms with Gasteiger partial charge >= 0.3 is 0 Å². The van der Waals surface area contributed by atoms with Crippen molar-refractivity contribution >= 4 is 27.7 Å². The monoisotopic (exact) mass is 301 g/mol. The summed E-state index contributed by atoms with van der Waals surface area (Å²) in [6, 6.07) is 6.62. The van der Waals surface area contributed by atoms with Gasteiger partial charge in [-0.25, -0.2) is 4.39 Å². The number of aryl methyl sites for hydroxylation is 1. The summed E-state index contributed by atoms with van der Waals surface area (Å²) in [6.07, 6.45) is 2.32. The lowest BCUT2D eigenvalue weighted by atomic mass is 10.0. The Kier molecular flexibility index (Phi) is 3.43. The van der Waals surface area contributed by atoms with E-state index in [2.05, 4.69) is 0 Å². The molecule has 1 aromatic carbocycles. The van der Waals surface area contributed by atoms with E-state index >= 15 is 0 Å². The molecule has 0 aliphatic rings. The highest BCUT2D eigenvalue weighted by Crippen LogP contribution is 2.32. The number of nitrogens with zero attached hydrogens (tertiary/aromatic N) is 1. The van der Waals surface area contributed by atoms with Crippen molar-refractivity contribution in [1.82, 2.24) is 4.57 Å². The van der Waals surface area contributed by atoms with Crippen molar-refractivity contribution in [1.29, 1.82) is 0 Å². The predicted molar refractivity (Wildman–Crippen MR) is 82.3 cm³/mol. The molecule has 0 aliphatic heterocycles. The van der Waals surface area contributed by atoms with Gasteiger partial charge in [-0.3, -0.25) is 4.79 Å². The number of halogens is 1. The van der Waals surface area contributed by atoms with Crippen LogP contribution in [0.1, 0.15) is 5.56 Å². The van der Waals surface area contributed by atoms with Gasteiger partial charge in [-0.2, -0.15) is 0 Å². The summed E-state index contributed by atoms with van der Waals surface area (Å²) < 4.78 is 15.6. The minimum atomic E-state index is -0.267. The van der Waals surface area contributed by atoms with Gasteiger partial charge in [0.1, 0.15) is 12.1 Å². The maximum absolute atomic E-state index is 13.4. The zero-order valence-electron chi connectivity index (χ0n) is 11.3. The second-order valence-corrected chi connectivity index (χ2v) is 5.70. The number of thiophene rings is 1. The maximum atomic E-state index is 13.4. The van der Waals surface area contributed by atoms with Crippen LogP contribution in [0, 0.1) is 12.7 Å². The van der Waals surface area contributed by atoms with Crippen LogP contribution in [-0.4, -0.2) is 10.9 Å². The molecule has 0 saturated carbocycles. The molecule has 2 heterocycles. The lowest BCUT2D eigenvalue weighted by Crippen LogP contribution is -2.19. The number of fused-ring (bicyclic) bond motifs is 1. The summed E-state index contributed by atoms with van der Waals surface area (Å²) >= 11 is 1.46. The molecule has 3 aromatic rings. The van der Waals surface area contributed by atoms with Gasteiger partial charge in [-0.05, 0) is 36.2 Å². The fourth-order valence-electron chi connectivity index (χ4n) is 2.33. The molecule has 0 unspecified atom stereocenters. The van der Waals surface area contributed by atoms with Crippen LogP contribution in [0.5, 0.6) is 0 Å². The molecule has 5 heteroatoms. The van der Waals surface area contributed by atoms with Gasteiger partial charge in [-0.15, -0.1) is 11.3 Å². The lowest BCUT2D eigenvalue weighted by molar-refractivity contribution is -0.108. The molecule has 2 aromatic heterocycles. The third kappa shape index (κ3) is 2.29. The van der Waals surface area contributed by atoms with Gasteiger partial charge in [0.15, 0.2) is 0 Å². The minimum Gasteiger partial charge on any atom is -0.308 e. The largest absolute Gasteiger partial charge is 0.308 e. The molecular weight excluding hydrogens is 289 g/mol. The van der Waals surface area contributed by atoms with Crippen molar-refractivity contribution in [3.05, 3.63) is 57.6 Å². The van der Waals surface area contributed by atoms with Crippen molar-refractivity contribution in [2.75, 3.05) is 0 Å². The first kappa shape index (κ1) is 13.7. The zero-order valence-corrected chi connectivity index (χ0v) is 12.1. The normalized spacial score (nSPS) is 11.0. The molecule has 0 fully saturated rings. The van der Waals surface area contributed by atoms with Crippen LogP contribution in [0.25, 0.3) is 21.2 Å². The molecule has 0 atom stereocenters. The fraction of sp³-hybridized carbons (Fsp3) is 0.125. The summed E-state index contributed by atoms with van der Waals surface area (Å²) in [5.74, 6) is -0.267. The second kappa shape index (κ2) is 5.26. The Bertz CT molecular complexity index is 895. The molecule has 0 spiro atoms. The van der Waals surface area contributed by atoms with E-state index in [0.29, 0.717) is 17.2 Å². The van der Waals surface area contributed by atoms with Crippen LogP contribution in [0.3, 0.4) is 0 Å². The molecule has 0 N–H and O–H groups in total. The molecule has 0 bridgehead atoms.